The van der Waals surface area contributed by atoms with Gasteiger partial charge in [0.25, 0.3) is 0 Å². The molecule has 0 aliphatic carbocycles. The SMILES string of the molecule is Cc1ccc2ccc(C(Nc3ccccn3)c3ccccc3OCc3ccccc3)c(O)c2n1. The first kappa shape index (κ1) is 21.5. The van der Waals surface area contributed by atoms with Gasteiger partial charge in [-0.05, 0) is 36.8 Å². The maximum atomic E-state index is 11.3. The maximum Gasteiger partial charge on any atom is 0.147 e. The van der Waals surface area contributed by atoms with E-state index in [4.69, 9.17) is 4.74 Å². The standard InChI is InChI=1S/C29H25N3O2/c1-20-14-15-22-16-17-24(29(33)27(22)31-20)28(32-26-13-7-8-18-30-26)23-11-5-6-12-25(23)34-19-21-9-3-2-4-10-21/h2-18,28,33H,19H2,1H3,(H,30,32). The molecule has 2 aromatic heterocycles. The van der Waals surface area contributed by atoms with E-state index in [0.717, 1.165) is 28.0 Å². The van der Waals surface area contributed by atoms with Crippen molar-refractivity contribution in [3.05, 3.63) is 126 Å². The normalized spacial score (nSPS) is 11.8. The highest BCUT2D eigenvalue weighted by atomic mass is 16.5. The third-order valence-electron chi connectivity index (χ3n) is 5.74. The molecule has 5 aromatic rings. The van der Waals surface area contributed by atoms with Crippen molar-refractivity contribution in [3.8, 4) is 11.5 Å². The monoisotopic (exact) mass is 447 g/mol. The predicted molar refractivity (Wildman–Crippen MR) is 135 cm³/mol. The lowest BCUT2D eigenvalue weighted by Gasteiger charge is -2.24. The molecular formula is C29H25N3O2. The highest BCUT2D eigenvalue weighted by molar-refractivity contribution is 5.86. The van der Waals surface area contributed by atoms with E-state index in [-0.39, 0.29) is 5.75 Å². The number of rotatable bonds is 7. The number of nitrogens with one attached hydrogen (secondary N) is 1. The molecule has 0 aliphatic rings. The smallest absolute Gasteiger partial charge is 0.147 e. The number of phenols is 1. The molecule has 0 radical (unpaired) electrons. The van der Waals surface area contributed by atoms with Crippen LogP contribution >= 0.6 is 0 Å². The Bertz CT molecular complexity index is 1410. The average molecular weight is 448 g/mol. The Morgan fingerprint density at radius 3 is 2.41 bits per heavy atom. The molecule has 0 saturated heterocycles. The minimum atomic E-state index is -0.409. The minimum absolute atomic E-state index is 0.146. The number of phenolic OH excluding ortho intramolecular Hbond substituents is 1. The number of ether oxygens (including phenoxy) is 1. The van der Waals surface area contributed by atoms with E-state index < -0.39 is 6.04 Å². The van der Waals surface area contributed by atoms with Gasteiger partial charge in [-0.2, -0.15) is 0 Å². The Morgan fingerprint density at radius 1 is 0.824 bits per heavy atom. The van der Waals surface area contributed by atoms with E-state index >= 15 is 0 Å². The fourth-order valence-electron chi connectivity index (χ4n) is 4.02. The Hall–Kier alpha value is -4.38. The molecular weight excluding hydrogens is 422 g/mol. The van der Waals surface area contributed by atoms with Crippen LogP contribution in [0.4, 0.5) is 5.82 Å². The van der Waals surface area contributed by atoms with Crippen LogP contribution in [0.3, 0.4) is 0 Å². The molecule has 1 unspecified atom stereocenters. The van der Waals surface area contributed by atoms with Crippen LogP contribution in [-0.4, -0.2) is 15.1 Å². The molecule has 168 valence electrons. The van der Waals surface area contributed by atoms with Crippen LogP contribution < -0.4 is 10.1 Å². The molecule has 3 aromatic carbocycles. The number of benzene rings is 3. The summed E-state index contributed by atoms with van der Waals surface area (Å²) in [6.45, 7) is 2.36. The van der Waals surface area contributed by atoms with Crippen LogP contribution in [0.15, 0.2) is 103 Å². The zero-order valence-corrected chi connectivity index (χ0v) is 18.8. The number of nitrogens with zero attached hydrogens (tertiary/aromatic N) is 2. The number of para-hydroxylation sites is 1. The van der Waals surface area contributed by atoms with E-state index in [1.165, 1.54) is 0 Å². The molecule has 0 spiro atoms. The summed E-state index contributed by atoms with van der Waals surface area (Å²) >= 11 is 0. The highest BCUT2D eigenvalue weighted by Crippen LogP contribution is 2.39. The summed E-state index contributed by atoms with van der Waals surface area (Å²) in [7, 11) is 0. The second-order valence-corrected chi connectivity index (χ2v) is 8.13. The van der Waals surface area contributed by atoms with Gasteiger partial charge < -0.3 is 15.2 Å². The number of hydrogen-bond acceptors (Lipinski definition) is 5. The van der Waals surface area contributed by atoms with Gasteiger partial charge in [-0.25, -0.2) is 9.97 Å². The number of aryl methyl sites for hydroxylation is 1. The molecule has 0 aliphatic heterocycles. The lowest BCUT2D eigenvalue weighted by atomic mass is 9.95. The van der Waals surface area contributed by atoms with E-state index in [0.29, 0.717) is 23.5 Å². The first-order valence-corrected chi connectivity index (χ1v) is 11.2. The fraction of sp³-hybridized carbons (Fsp3) is 0.103. The summed E-state index contributed by atoms with van der Waals surface area (Å²) in [4.78, 5) is 9.04. The van der Waals surface area contributed by atoms with E-state index in [1.807, 2.05) is 104 Å². The first-order chi connectivity index (χ1) is 16.7. The third kappa shape index (κ3) is 4.55. The van der Waals surface area contributed by atoms with Crippen molar-refractivity contribution in [2.75, 3.05) is 5.32 Å². The van der Waals surface area contributed by atoms with E-state index in [9.17, 15) is 5.11 Å². The number of fused-ring (bicyclic) bond motifs is 1. The van der Waals surface area contributed by atoms with Gasteiger partial charge in [0.2, 0.25) is 0 Å². The van der Waals surface area contributed by atoms with Crippen LogP contribution in [0.2, 0.25) is 0 Å². The third-order valence-corrected chi connectivity index (χ3v) is 5.74. The molecule has 5 heteroatoms. The number of pyridine rings is 2. The zero-order valence-electron chi connectivity index (χ0n) is 18.8. The second kappa shape index (κ2) is 9.63. The summed E-state index contributed by atoms with van der Waals surface area (Å²) < 4.78 is 6.25. The molecule has 2 N–H and O–H groups in total. The molecule has 0 fully saturated rings. The van der Waals surface area contributed by atoms with Crippen molar-refractivity contribution in [3.63, 3.8) is 0 Å². The molecule has 2 heterocycles. The van der Waals surface area contributed by atoms with Crippen LogP contribution in [0.5, 0.6) is 11.5 Å². The summed E-state index contributed by atoms with van der Waals surface area (Å²) in [5.74, 6) is 1.58. The summed E-state index contributed by atoms with van der Waals surface area (Å²) in [5, 5.41) is 15.7. The van der Waals surface area contributed by atoms with Crippen LogP contribution in [0, 0.1) is 6.92 Å². The van der Waals surface area contributed by atoms with Gasteiger partial charge in [-0.1, -0.05) is 72.8 Å². The quantitative estimate of drug-likeness (QED) is 0.301. The second-order valence-electron chi connectivity index (χ2n) is 8.13. The topological polar surface area (TPSA) is 67.3 Å². The van der Waals surface area contributed by atoms with Crippen LogP contribution in [0.1, 0.15) is 28.4 Å². The molecule has 34 heavy (non-hydrogen) atoms. The Kier molecular flexibility index (Phi) is 6.08. The summed E-state index contributed by atoms with van der Waals surface area (Å²) in [6.07, 6.45) is 1.74. The lowest BCUT2D eigenvalue weighted by Crippen LogP contribution is -2.15. The van der Waals surface area contributed by atoms with E-state index in [2.05, 4.69) is 15.3 Å². The number of anilines is 1. The van der Waals surface area contributed by atoms with Crippen molar-refractivity contribution >= 4 is 16.7 Å². The fourth-order valence-corrected chi connectivity index (χ4v) is 4.02. The van der Waals surface area contributed by atoms with Gasteiger partial charge in [0.05, 0.1) is 6.04 Å². The number of aromatic hydroxyl groups is 1. The molecule has 0 amide bonds. The van der Waals surface area contributed by atoms with Crippen molar-refractivity contribution in [1.82, 2.24) is 9.97 Å². The maximum absolute atomic E-state index is 11.3. The van der Waals surface area contributed by atoms with Crippen LogP contribution in [0.25, 0.3) is 10.9 Å². The van der Waals surface area contributed by atoms with Gasteiger partial charge in [0, 0.05) is 28.4 Å². The predicted octanol–water partition coefficient (Wildman–Crippen LogP) is 6.42. The first-order valence-electron chi connectivity index (χ1n) is 11.2. The summed E-state index contributed by atoms with van der Waals surface area (Å²) in [5.41, 5.74) is 4.10. The van der Waals surface area contributed by atoms with Gasteiger partial charge in [0.15, 0.2) is 0 Å². The van der Waals surface area contributed by atoms with Gasteiger partial charge in [-0.3, -0.25) is 0 Å². The lowest BCUT2D eigenvalue weighted by molar-refractivity contribution is 0.302. The molecule has 0 bridgehead atoms. The molecule has 5 rings (SSSR count). The number of hydrogen-bond donors (Lipinski definition) is 2. The minimum Gasteiger partial charge on any atom is -0.505 e. The zero-order chi connectivity index (χ0) is 23.3. The molecule has 1 atom stereocenters. The van der Waals surface area contributed by atoms with Gasteiger partial charge in [0.1, 0.15) is 29.4 Å². The van der Waals surface area contributed by atoms with Gasteiger partial charge in [-0.15, -0.1) is 0 Å². The van der Waals surface area contributed by atoms with Crippen molar-refractivity contribution < 1.29 is 9.84 Å². The van der Waals surface area contributed by atoms with Crippen molar-refractivity contribution in [2.45, 2.75) is 19.6 Å². The highest BCUT2D eigenvalue weighted by Gasteiger charge is 2.23. The van der Waals surface area contributed by atoms with Crippen molar-refractivity contribution in [1.29, 1.82) is 0 Å². The van der Waals surface area contributed by atoms with Crippen LogP contribution in [-0.2, 0) is 6.61 Å². The van der Waals surface area contributed by atoms with Gasteiger partial charge >= 0.3 is 0 Å². The Balaban J connectivity index is 1.59. The van der Waals surface area contributed by atoms with Crippen molar-refractivity contribution in [2.24, 2.45) is 0 Å². The Morgan fingerprint density at radius 2 is 1.59 bits per heavy atom. The Labute approximate surface area is 198 Å². The van der Waals surface area contributed by atoms with E-state index in [1.54, 1.807) is 6.20 Å². The summed E-state index contributed by atoms with van der Waals surface area (Å²) in [6, 6.07) is 31.1. The molecule has 5 nitrogen and oxygen atoms in total. The largest absolute Gasteiger partial charge is 0.505 e. The number of aromatic nitrogens is 2. The average Bonchev–Trinajstić information content (AvgIpc) is 2.88. The molecule has 0 saturated carbocycles.